The fourth-order valence-electron chi connectivity index (χ4n) is 3.72. The van der Waals surface area contributed by atoms with Crippen LogP contribution in [-0.2, 0) is 4.79 Å². The van der Waals surface area contributed by atoms with Crippen LogP contribution in [0.5, 0.6) is 0 Å². The van der Waals surface area contributed by atoms with E-state index < -0.39 is 11.7 Å². The fourth-order valence-corrected chi connectivity index (χ4v) is 3.72. The van der Waals surface area contributed by atoms with Gasteiger partial charge in [-0.05, 0) is 24.8 Å². The number of hydrogen-bond donors (Lipinski definition) is 2. The summed E-state index contributed by atoms with van der Waals surface area (Å²) in [5.41, 5.74) is 0.0409. The van der Waals surface area contributed by atoms with E-state index in [1.54, 1.807) is 17.0 Å². The largest absolute Gasteiger partial charge is 0.389 e. The van der Waals surface area contributed by atoms with Gasteiger partial charge in [0.05, 0.1) is 5.60 Å². The summed E-state index contributed by atoms with van der Waals surface area (Å²) in [5.74, 6) is -0.0826. The van der Waals surface area contributed by atoms with Gasteiger partial charge in [0.2, 0.25) is 0 Å². The SMILES string of the molecule is O=C([C@@H](O)c1ccccc1)N1CCC2(O)CCCCC2C1. The molecule has 0 spiro atoms. The normalized spacial score (nSPS) is 30.6. The number of carbonyl (C=O) groups is 1. The second-order valence-electron chi connectivity index (χ2n) is 6.39. The highest BCUT2D eigenvalue weighted by molar-refractivity contribution is 5.82. The van der Waals surface area contributed by atoms with Crippen LogP contribution < -0.4 is 0 Å². The Morgan fingerprint density at radius 3 is 2.76 bits per heavy atom. The zero-order valence-corrected chi connectivity index (χ0v) is 12.2. The molecule has 0 bridgehead atoms. The van der Waals surface area contributed by atoms with E-state index in [0.29, 0.717) is 25.1 Å². The predicted molar refractivity (Wildman–Crippen MR) is 79.5 cm³/mol. The summed E-state index contributed by atoms with van der Waals surface area (Å²) < 4.78 is 0. The van der Waals surface area contributed by atoms with Gasteiger partial charge in [0.1, 0.15) is 0 Å². The van der Waals surface area contributed by atoms with Gasteiger partial charge >= 0.3 is 0 Å². The number of amides is 1. The van der Waals surface area contributed by atoms with Crippen molar-refractivity contribution < 1.29 is 15.0 Å². The first-order valence-corrected chi connectivity index (χ1v) is 7.84. The van der Waals surface area contributed by atoms with E-state index in [1.165, 1.54) is 0 Å². The number of fused-ring (bicyclic) bond motifs is 1. The topological polar surface area (TPSA) is 60.8 Å². The molecule has 1 aliphatic carbocycles. The quantitative estimate of drug-likeness (QED) is 0.874. The van der Waals surface area contributed by atoms with Gasteiger partial charge in [-0.25, -0.2) is 0 Å². The van der Waals surface area contributed by atoms with Gasteiger partial charge in [-0.15, -0.1) is 0 Å². The summed E-state index contributed by atoms with van der Waals surface area (Å²) in [4.78, 5) is 14.2. The van der Waals surface area contributed by atoms with Crippen molar-refractivity contribution in [2.45, 2.75) is 43.8 Å². The smallest absolute Gasteiger partial charge is 0.256 e. The third-order valence-electron chi connectivity index (χ3n) is 5.09. The van der Waals surface area contributed by atoms with Crippen molar-refractivity contribution in [2.24, 2.45) is 5.92 Å². The van der Waals surface area contributed by atoms with Crippen LogP contribution in [0.25, 0.3) is 0 Å². The number of nitrogens with zero attached hydrogens (tertiary/aromatic N) is 1. The molecule has 1 aromatic rings. The Bertz CT molecular complexity index is 504. The number of benzene rings is 1. The number of aliphatic hydroxyl groups is 2. The lowest BCUT2D eigenvalue weighted by Gasteiger charge is -2.47. The van der Waals surface area contributed by atoms with Gasteiger partial charge < -0.3 is 15.1 Å². The first-order valence-electron chi connectivity index (χ1n) is 7.84. The lowest BCUT2D eigenvalue weighted by atomic mass is 9.71. The molecule has 1 amide bonds. The molecule has 1 saturated heterocycles. The molecule has 1 aliphatic heterocycles. The first-order chi connectivity index (χ1) is 10.1. The van der Waals surface area contributed by atoms with Crippen molar-refractivity contribution in [3.05, 3.63) is 35.9 Å². The average molecular weight is 289 g/mol. The molecule has 1 heterocycles. The molecule has 2 aliphatic rings. The van der Waals surface area contributed by atoms with Crippen molar-refractivity contribution >= 4 is 5.91 Å². The van der Waals surface area contributed by atoms with E-state index in [2.05, 4.69) is 0 Å². The third kappa shape index (κ3) is 2.83. The van der Waals surface area contributed by atoms with Crippen LogP contribution in [-0.4, -0.2) is 39.7 Å². The molecule has 2 N–H and O–H groups in total. The molecule has 2 fully saturated rings. The number of hydrogen-bond acceptors (Lipinski definition) is 3. The van der Waals surface area contributed by atoms with E-state index >= 15 is 0 Å². The molecule has 4 heteroatoms. The summed E-state index contributed by atoms with van der Waals surface area (Å²) in [6.07, 6.45) is 3.55. The summed E-state index contributed by atoms with van der Waals surface area (Å²) >= 11 is 0. The highest BCUT2D eigenvalue weighted by Gasteiger charge is 2.44. The minimum Gasteiger partial charge on any atom is -0.389 e. The highest BCUT2D eigenvalue weighted by Crippen LogP contribution is 2.40. The van der Waals surface area contributed by atoms with Crippen LogP contribution in [0.3, 0.4) is 0 Å². The van der Waals surface area contributed by atoms with Gasteiger partial charge in [-0.2, -0.15) is 0 Å². The minimum atomic E-state index is -1.10. The molecule has 2 unspecified atom stereocenters. The van der Waals surface area contributed by atoms with Crippen LogP contribution in [0.4, 0.5) is 0 Å². The maximum atomic E-state index is 12.5. The summed E-state index contributed by atoms with van der Waals surface area (Å²) in [7, 11) is 0. The molecule has 0 radical (unpaired) electrons. The van der Waals surface area contributed by atoms with Gasteiger partial charge in [0, 0.05) is 19.0 Å². The van der Waals surface area contributed by atoms with E-state index in [1.807, 2.05) is 18.2 Å². The van der Waals surface area contributed by atoms with Gasteiger partial charge in [-0.1, -0.05) is 43.2 Å². The van der Waals surface area contributed by atoms with Crippen molar-refractivity contribution in [1.29, 1.82) is 0 Å². The second kappa shape index (κ2) is 5.78. The second-order valence-corrected chi connectivity index (χ2v) is 6.39. The lowest BCUT2D eigenvalue weighted by Crippen LogP contribution is -2.55. The van der Waals surface area contributed by atoms with Crippen molar-refractivity contribution in [3.63, 3.8) is 0 Å². The maximum absolute atomic E-state index is 12.5. The molecule has 3 atom stereocenters. The van der Waals surface area contributed by atoms with Crippen molar-refractivity contribution in [3.8, 4) is 0 Å². The molecule has 1 aromatic carbocycles. The van der Waals surface area contributed by atoms with Crippen LogP contribution in [0.2, 0.25) is 0 Å². The maximum Gasteiger partial charge on any atom is 0.256 e. The number of carbonyl (C=O) groups excluding carboxylic acids is 1. The molecule has 1 saturated carbocycles. The first kappa shape index (κ1) is 14.5. The molecule has 4 nitrogen and oxygen atoms in total. The molecular formula is C17H23NO3. The van der Waals surface area contributed by atoms with Crippen LogP contribution in [0.1, 0.15) is 43.8 Å². The lowest BCUT2D eigenvalue weighted by molar-refractivity contribution is -0.151. The Morgan fingerprint density at radius 1 is 1.24 bits per heavy atom. The van der Waals surface area contributed by atoms with Gasteiger partial charge in [0.25, 0.3) is 5.91 Å². The number of aliphatic hydroxyl groups excluding tert-OH is 1. The molecule has 3 rings (SSSR count). The van der Waals surface area contributed by atoms with E-state index in [0.717, 1.165) is 25.7 Å². The molecule has 114 valence electrons. The zero-order valence-electron chi connectivity index (χ0n) is 12.2. The zero-order chi connectivity index (χ0) is 14.9. The molecule has 21 heavy (non-hydrogen) atoms. The van der Waals surface area contributed by atoms with Crippen LogP contribution >= 0.6 is 0 Å². The minimum absolute atomic E-state index is 0.159. The third-order valence-corrected chi connectivity index (χ3v) is 5.09. The Morgan fingerprint density at radius 2 is 2.00 bits per heavy atom. The number of piperidine rings is 1. The predicted octanol–water partition coefficient (Wildman–Crippen LogP) is 1.87. The Hall–Kier alpha value is -1.39. The Labute approximate surface area is 125 Å². The molecular weight excluding hydrogens is 266 g/mol. The standard InChI is InChI=1S/C17H23NO3/c19-15(13-6-2-1-3-7-13)16(20)18-11-10-17(21)9-5-4-8-14(17)12-18/h1-3,6-7,14-15,19,21H,4-5,8-12H2/t14?,15-,17?/m0/s1. The number of likely N-dealkylation sites (tertiary alicyclic amines) is 1. The average Bonchev–Trinajstić information content (AvgIpc) is 2.53. The Kier molecular flexibility index (Phi) is 4.00. The van der Waals surface area contributed by atoms with Crippen LogP contribution in [0.15, 0.2) is 30.3 Å². The highest BCUT2D eigenvalue weighted by atomic mass is 16.3. The van der Waals surface area contributed by atoms with E-state index in [-0.39, 0.29) is 11.8 Å². The van der Waals surface area contributed by atoms with Gasteiger partial charge in [0.15, 0.2) is 6.10 Å². The van der Waals surface area contributed by atoms with Crippen molar-refractivity contribution in [2.75, 3.05) is 13.1 Å². The van der Waals surface area contributed by atoms with Crippen molar-refractivity contribution in [1.82, 2.24) is 4.90 Å². The summed E-state index contributed by atoms with van der Waals surface area (Å²) in [6.45, 7) is 1.11. The fraction of sp³-hybridized carbons (Fsp3) is 0.588. The summed E-state index contributed by atoms with van der Waals surface area (Å²) in [6, 6.07) is 9.04. The van der Waals surface area contributed by atoms with E-state index in [4.69, 9.17) is 0 Å². The monoisotopic (exact) mass is 289 g/mol. The Balaban J connectivity index is 1.69. The number of rotatable bonds is 2. The van der Waals surface area contributed by atoms with E-state index in [9.17, 15) is 15.0 Å². The molecule has 0 aromatic heterocycles. The van der Waals surface area contributed by atoms with Crippen LogP contribution in [0, 0.1) is 5.92 Å². The summed E-state index contributed by atoms with van der Waals surface area (Å²) in [5, 5.41) is 20.9. The van der Waals surface area contributed by atoms with Gasteiger partial charge in [-0.3, -0.25) is 4.79 Å².